The van der Waals surface area contributed by atoms with Crippen LogP contribution in [0.15, 0.2) is 40.3 Å². The average Bonchev–Trinajstić information content (AvgIpc) is 3.44. The molecule has 0 saturated heterocycles. The molecule has 8 heteroatoms. The molecule has 3 heterocycles. The van der Waals surface area contributed by atoms with E-state index in [1.807, 2.05) is 37.6 Å². The molecule has 3 aromatic heterocycles. The molecule has 1 atom stereocenters. The summed E-state index contributed by atoms with van der Waals surface area (Å²) in [6.07, 6.45) is 4.24. The van der Waals surface area contributed by atoms with Gasteiger partial charge in [-0.25, -0.2) is 4.98 Å². The van der Waals surface area contributed by atoms with Gasteiger partial charge in [0.2, 0.25) is 17.7 Å². The number of thiazole rings is 1. The first kappa shape index (κ1) is 19.3. The first-order valence-electron chi connectivity index (χ1n) is 9.66. The van der Waals surface area contributed by atoms with Crippen LogP contribution in [0, 0.1) is 6.92 Å². The van der Waals surface area contributed by atoms with Gasteiger partial charge in [0.05, 0.1) is 6.04 Å². The number of aromatic amines is 1. The number of aryl methyl sites for hydroxylation is 4. The molecule has 0 bridgehead atoms. The molecule has 0 aliphatic carbocycles. The summed E-state index contributed by atoms with van der Waals surface area (Å²) in [4.78, 5) is 19.9. The zero-order valence-corrected chi connectivity index (χ0v) is 17.3. The minimum absolute atomic E-state index is 0.0519. The molecule has 7 nitrogen and oxygen atoms in total. The SMILES string of the molecule is Cc1csc(C(C)NC(=O)CCc2nnc(CCc3c[nH]c4ccccc34)o2)n1. The largest absolute Gasteiger partial charge is 0.425 e. The minimum atomic E-state index is -0.101. The predicted octanol–water partition coefficient (Wildman–Crippen LogP) is 3.91. The van der Waals surface area contributed by atoms with Gasteiger partial charge in [0.25, 0.3) is 0 Å². The fourth-order valence-corrected chi connectivity index (χ4v) is 4.04. The number of para-hydroxylation sites is 1. The van der Waals surface area contributed by atoms with E-state index in [-0.39, 0.29) is 11.9 Å². The van der Waals surface area contributed by atoms with Crippen LogP contribution in [0.4, 0.5) is 0 Å². The molecule has 4 rings (SSSR count). The molecule has 29 heavy (non-hydrogen) atoms. The molecule has 0 aliphatic heterocycles. The van der Waals surface area contributed by atoms with E-state index < -0.39 is 0 Å². The molecule has 0 spiro atoms. The number of carbonyl (C=O) groups is 1. The van der Waals surface area contributed by atoms with Crippen LogP contribution < -0.4 is 5.32 Å². The molecule has 1 amide bonds. The monoisotopic (exact) mass is 409 g/mol. The summed E-state index contributed by atoms with van der Waals surface area (Å²) in [5, 5.41) is 15.3. The second-order valence-corrected chi connectivity index (χ2v) is 7.96. The molecule has 2 N–H and O–H groups in total. The summed E-state index contributed by atoms with van der Waals surface area (Å²) in [7, 11) is 0. The topological polar surface area (TPSA) is 96.7 Å². The van der Waals surface area contributed by atoms with Crippen molar-refractivity contribution in [3.05, 3.63) is 63.9 Å². The third kappa shape index (κ3) is 4.71. The number of nitrogens with one attached hydrogen (secondary N) is 2. The van der Waals surface area contributed by atoms with E-state index in [4.69, 9.17) is 4.42 Å². The Kier molecular flexibility index (Phi) is 5.71. The quantitative estimate of drug-likeness (QED) is 0.460. The van der Waals surface area contributed by atoms with E-state index in [1.165, 1.54) is 10.9 Å². The van der Waals surface area contributed by atoms with Gasteiger partial charge in [-0.2, -0.15) is 0 Å². The van der Waals surface area contributed by atoms with Crippen molar-refractivity contribution in [2.24, 2.45) is 0 Å². The van der Waals surface area contributed by atoms with Crippen LogP contribution in [-0.2, 0) is 24.1 Å². The molecule has 1 unspecified atom stereocenters. The van der Waals surface area contributed by atoms with Gasteiger partial charge in [0, 0.05) is 47.4 Å². The zero-order valence-electron chi connectivity index (χ0n) is 16.4. The maximum atomic E-state index is 12.2. The molecular weight excluding hydrogens is 386 g/mol. The minimum Gasteiger partial charge on any atom is -0.425 e. The van der Waals surface area contributed by atoms with E-state index >= 15 is 0 Å². The van der Waals surface area contributed by atoms with Gasteiger partial charge >= 0.3 is 0 Å². The number of hydrogen-bond donors (Lipinski definition) is 2. The van der Waals surface area contributed by atoms with Crippen LogP contribution in [0.2, 0.25) is 0 Å². The van der Waals surface area contributed by atoms with Gasteiger partial charge in [-0.1, -0.05) is 18.2 Å². The highest BCUT2D eigenvalue weighted by Crippen LogP contribution is 2.20. The Bertz CT molecular complexity index is 1110. The normalized spacial score (nSPS) is 12.3. The summed E-state index contributed by atoms with van der Waals surface area (Å²) >= 11 is 1.55. The molecule has 150 valence electrons. The highest BCUT2D eigenvalue weighted by Gasteiger charge is 2.14. The molecular formula is C21H23N5O2S. The number of benzene rings is 1. The summed E-state index contributed by atoms with van der Waals surface area (Å²) in [6.45, 7) is 3.88. The van der Waals surface area contributed by atoms with Crippen molar-refractivity contribution in [2.75, 3.05) is 0 Å². The van der Waals surface area contributed by atoms with Crippen LogP contribution in [0.25, 0.3) is 10.9 Å². The molecule has 0 radical (unpaired) electrons. The Morgan fingerprint density at radius 2 is 2.00 bits per heavy atom. The lowest BCUT2D eigenvalue weighted by Crippen LogP contribution is -2.26. The second kappa shape index (κ2) is 8.57. The Hall–Kier alpha value is -3.00. The number of H-pyrrole nitrogens is 1. The Labute approximate surface area is 172 Å². The lowest BCUT2D eigenvalue weighted by Gasteiger charge is -2.10. The summed E-state index contributed by atoms with van der Waals surface area (Å²) in [6, 6.07) is 8.11. The molecule has 0 fully saturated rings. The van der Waals surface area contributed by atoms with Crippen molar-refractivity contribution < 1.29 is 9.21 Å². The van der Waals surface area contributed by atoms with E-state index in [2.05, 4.69) is 37.6 Å². The summed E-state index contributed by atoms with van der Waals surface area (Å²) in [5.74, 6) is 1.04. The van der Waals surface area contributed by atoms with Crippen LogP contribution in [0.3, 0.4) is 0 Å². The smallest absolute Gasteiger partial charge is 0.221 e. The Morgan fingerprint density at radius 3 is 2.79 bits per heavy atom. The molecule has 1 aromatic carbocycles. The molecule has 0 aliphatic rings. The van der Waals surface area contributed by atoms with Crippen molar-refractivity contribution >= 4 is 28.1 Å². The van der Waals surface area contributed by atoms with Gasteiger partial charge in [-0.15, -0.1) is 21.5 Å². The van der Waals surface area contributed by atoms with Crippen LogP contribution in [0.1, 0.15) is 47.4 Å². The lowest BCUT2D eigenvalue weighted by molar-refractivity contribution is -0.121. The maximum absolute atomic E-state index is 12.2. The predicted molar refractivity (Wildman–Crippen MR) is 112 cm³/mol. The average molecular weight is 410 g/mol. The van der Waals surface area contributed by atoms with Crippen molar-refractivity contribution in [3.63, 3.8) is 0 Å². The second-order valence-electron chi connectivity index (χ2n) is 7.07. The number of nitrogens with zero attached hydrogens (tertiary/aromatic N) is 3. The Morgan fingerprint density at radius 1 is 1.21 bits per heavy atom. The van der Waals surface area contributed by atoms with Crippen molar-refractivity contribution in [3.8, 4) is 0 Å². The highest BCUT2D eigenvalue weighted by molar-refractivity contribution is 7.09. The van der Waals surface area contributed by atoms with Crippen molar-refractivity contribution in [1.82, 2.24) is 25.5 Å². The first-order valence-corrected chi connectivity index (χ1v) is 10.5. The van der Waals surface area contributed by atoms with E-state index in [0.29, 0.717) is 31.0 Å². The van der Waals surface area contributed by atoms with E-state index in [9.17, 15) is 4.79 Å². The third-order valence-corrected chi connectivity index (χ3v) is 5.89. The van der Waals surface area contributed by atoms with Gasteiger partial charge in [0.15, 0.2) is 0 Å². The van der Waals surface area contributed by atoms with Gasteiger partial charge in [-0.05, 0) is 31.9 Å². The molecule has 0 saturated carbocycles. The van der Waals surface area contributed by atoms with Crippen LogP contribution in [-0.4, -0.2) is 26.1 Å². The van der Waals surface area contributed by atoms with Crippen LogP contribution >= 0.6 is 11.3 Å². The highest BCUT2D eigenvalue weighted by atomic mass is 32.1. The summed E-state index contributed by atoms with van der Waals surface area (Å²) < 4.78 is 5.71. The first-order chi connectivity index (χ1) is 14.1. The third-order valence-electron chi connectivity index (χ3n) is 4.74. The van der Waals surface area contributed by atoms with Crippen molar-refractivity contribution in [2.45, 2.75) is 45.6 Å². The van der Waals surface area contributed by atoms with E-state index in [0.717, 1.165) is 22.6 Å². The number of aromatic nitrogens is 4. The lowest BCUT2D eigenvalue weighted by atomic mass is 10.1. The van der Waals surface area contributed by atoms with Crippen LogP contribution in [0.5, 0.6) is 0 Å². The summed E-state index contributed by atoms with van der Waals surface area (Å²) in [5.41, 5.74) is 3.32. The molecule has 4 aromatic rings. The zero-order chi connectivity index (χ0) is 20.2. The number of amides is 1. The fourth-order valence-electron chi connectivity index (χ4n) is 3.24. The van der Waals surface area contributed by atoms with Gasteiger partial charge in [-0.3, -0.25) is 4.79 Å². The number of fused-ring (bicyclic) bond motifs is 1. The van der Waals surface area contributed by atoms with Crippen molar-refractivity contribution in [1.29, 1.82) is 0 Å². The number of rotatable bonds is 8. The van der Waals surface area contributed by atoms with E-state index in [1.54, 1.807) is 11.3 Å². The number of hydrogen-bond acceptors (Lipinski definition) is 6. The standard InChI is InChI=1S/C21H23N5O2S/c1-13-12-29-21(23-13)14(2)24-18(27)8-10-20-26-25-19(28-20)9-7-15-11-22-17-6-4-3-5-16(15)17/h3-6,11-12,14,22H,7-10H2,1-2H3,(H,24,27). The Balaban J connectivity index is 1.26. The van der Waals surface area contributed by atoms with Gasteiger partial charge < -0.3 is 14.7 Å². The van der Waals surface area contributed by atoms with Gasteiger partial charge in [0.1, 0.15) is 5.01 Å². The number of carbonyl (C=O) groups excluding carboxylic acids is 1. The maximum Gasteiger partial charge on any atom is 0.221 e. The fraction of sp³-hybridized carbons (Fsp3) is 0.333.